The third-order valence-electron chi connectivity index (χ3n) is 3.15. The Labute approximate surface area is 112 Å². The minimum atomic E-state index is -0.276. The summed E-state index contributed by atoms with van der Waals surface area (Å²) in [6, 6.07) is 4.79. The summed E-state index contributed by atoms with van der Waals surface area (Å²) in [6.07, 6.45) is 0.842. The van der Waals surface area contributed by atoms with Crippen LogP contribution >= 0.6 is 23.2 Å². The fourth-order valence-corrected chi connectivity index (χ4v) is 2.41. The van der Waals surface area contributed by atoms with Crippen molar-refractivity contribution < 1.29 is 4.39 Å². The van der Waals surface area contributed by atoms with Crippen molar-refractivity contribution in [2.45, 2.75) is 32.4 Å². The molecule has 0 aliphatic rings. The maximum Gasteiger partial charge on any atom is 0.123 e. The van der Waals surface area contributed by atoms with Crippen LogP contribution in [-0.4, -0.2) is 17.3 Å². The van der Waals surface area contributed by atoms with Gasteiger partial charge >= 0.3 is 0 Å². The van der Waals surface area contributed by atoms with Gasteiger partial charge < -0.3 is 5.32 Å². The standard InChI is InChI=1S/C13H18Cl2FN/c1-3-13(8-14,9-15)17-7-11-6-12(16)5-4-10(11)2/h4-6,17H,3,7-9H2,1-2H3. The first-order valence-corrected chi connectivity index (χ1v) is 6.76. The van der Waals surface area contributed by atoms with Crippen LogP contribution in [0.5, 0.6) is 0 Å². The van der Waals surface area contributed by atoms with Crippen LogP contribution in [0.25, 0.3) is 0 Å². The van der Waals surface area contributed by atoms with Crippen LogP contribution in [0.4, 0.5) is 4.39 Å². The van der Waals surface area contributed by atoms with Crippen LogP contribution < -0.4 is 5.32 Å². The highest BCUT2D eigenvalue weighted by atomic mass is 35.5. The third kappa shape index (κ3) is 3.84. The molecule has 1 nitrogen and oxygen atoms in total. The monoisotopic (exact) mass is 277 g/mol. The summed E-state index contributed by atoms with van der Waals surface area (Å²) >= 11 is 11.9. The Bertz CT molecular complexity index is 356. The van der Waals surface area contributed by atoms with E-state index in [1.807, 2.05) is 13.8 Å². The number of halogens is 3. The van der Waals surface area contributed by atoms with Gasteiger partial charge in [0.25, 0.3) is 0 Å². The van der Waals surface area contributed by atoms with E-state index in [2.05, 4.69) is 5.32 Å². The maximum atomic E-state index is 13.1. The van der Waals surface area contributed by atoms with Gasteiger partial charge in [-0.2, -0.15) is 0 Å². The Morgan fingerprint density at radius 2 is 1.94 bits per heavy atom. The van der Waals surface area contributed by atoms with Gasteiger partial charge in [0.05, 0.1) is 0 Å². The molecule has 1 aromatic rings. The Morgan fingerprint density at radius 1 is 1.29 bits per heavy atom. The number of rotatable bonds is 6. The second-order valence-electron chi connectivity index (χ2n) is 4.33. The van der Waals surface area contributed by atoms with E-state index in [-0.39, 0.29) is 11.4 Å². The van der Waals surface area contributed by atoms with Crippen LogP contribution in [0.2, 0.25) is 0 Å². The Kier molecular flexibility index (Phi) is 5.71. The van der Waals surface area contributed by atoms with Crippen LogP contribution in [0.15, 0.2) is 18.2 Å². The lowest BCUT2D eigenvalue weighted by molar-refractivity contribution is 0.384. The molecule has 0 heterocycles. The van der Waals surface area contributed by atoms with Crippen molar-refractivity contribution in [2.75, 3.05) is 11.8 Å². The molecule has 1 N–H and O–H groups in total. The predicted octanol–water partition coefficient (Wildman–Crippen LogP) is 3.85. The Hall–Kier alpha value is -0.310. The van der Waals surface area contributed by atoms with E-state index in [9.17, 15) is 4.39 Å². The zero-order valence-corrected chi connectivity index (χ0v) is 11.7. The van der Waals surface area contributed by atoms with Crippen molar-refractivity contribution in [3.63, 3.8) is 0 Å². The highest BCUT2D eigenvalue weighted by Crippen LogP contribution is 2.17. The summed E-state index contributed by atoms with van der Waals surface area (Å²) in [5, 5.41) is 3.34. The largest absolute Gasteiger partial charge is 0.305 e. The number of hydrogen-bond acceptors (Lipinski definition) is 1. The minimum Gasteiger partial charge on any atom is -0.305 e. The molecule has 0 atom stereocenters. The van der Waals surface area contributed by atoms with Gasteiger partial charge in [-0.25, -0.2) is 4.39 Å². The molecule has 0 radical (unpaired) electrons. The molecule has 1 aromatic carbocycles. The highest BCUT2D eigenvalue weighted by Gasteiger charge is 2.25. The Balaban J connectivity index is 2.75. The lowest BCUT2D eigenvalue weighted by Gasteiger charge is -2.30. The molecule has 0 saturated carbocycles. The molecule has 0 fully saturated rings. The van der Waals surface area contributed by atoms with Gasteiger partial charge in [-0.05, 0) is 36.6 Å². The smallest absolute Gasteiger partial charge is 0.123 e. The average Bonchev–Trinajstić information content (AvgIpc) is 2.35. The molecule has 0 amide bonds. The molecule has 0 unspecified atom stereocenters. The van der Waals surface area contributed by atoms with E-state index in [4.69, 9.17) is 23.2 Å². The zero-order valence-electron chi connectivity index (χ0n) is 10.2. The second-order valence-corrected chi connectivity index (χ2v) is 4.86. The average molecular weight is 278 g/mol. The fourth-order valence-electron chi connectivity index (χ4n) is 1.56. The molecule has 17 heavy (non-hydrogen) atoms. The first-order valence-electron chi connectivity index (χ1n) is 5.69. The first kappa shape index (κ1) is 14.7. The van der Waals surface area contributed by atoms with Crippen LogP contribution in [0.3, 0.4) is 0 Å². The third-order valence-corrected chi connectivity index (χ3v) is 4.18. The topological polar surface area (TPSA) is 12.0 Å². The summed E-state index contributed by atoms with van der Waals surface area (Å²) in [5.74, 6) is 0.675. The van der Waals surface area contributed by atoms with Crippen molar-refractivity contribution >= 4 is 23.2 Å². The highest BCUT2D eigenvalue weighted by molar-refractivity contribution is 6.22. The summed E-state index contributed by atoms with van der Waals surface area (Å²) in [6.45, 7) is 4.58. The first-order chi connectivity index (χ1) is 8.06. The van der Waals surface area contributed by atoms with Gasteiger partial charge in [-0.3, -0.25) is 0 Å². The quantitative estimate of drug-likeness (QED) is 0.779. The Morgan fingerprint density at radius 3 is 2.47 bits per heavy atom. The molecule has 0 aliphatic heterocycles. The van der Waals surface area contributed by atoms with Gasteiger partial charge in [0, 0.05) is 23.8 Å². The van der Waals surface area contributed by atoms with E-state index in [1.54, 1.807) is 12.1 Å². The SMILES string of the molecule is CCC(CCl)(CCl)NCc1cc(F)ccc1C. The van der Waals surface area contributed by atoms with E-state index in [1.165, 1.54) is 6.07 Å². The lowest BCUT2D eigenvalue weighted by Crippen LogP contribution is -2.48. The number of nitrogens with one attached hydrogen (secondary N) is 1. The normalized spacial score (nSPS) is 11.8. The molecule has 0 aromatic heterocycles. The molecular weight excluding hydrogens is 260 g/mol. The maximum absolute atomic E-state index is 13.1. The molecule has 0 aliphatic carbocycles. The van der Waals surface area contributed by atoms with E-state index >= 15 is 0 Å². The van der Waals surface area contributed by atoms with Gasteiger partial charge in [0.15, 0.2) is 0 Å². The van der Waals surface area contributed by atoms with Gasteiger partial charge in [0.1, 0.15) is 5.82 Å². The number of hydrogen-bond donors (Lipinski definition) is 1. The summed E-state index contributed by atoms with van der Waals surface area (Å²) in [5.41, 5.74) is 1.73. The molecule has 4 heteroatoms. The molecule has 96 valence electrons. The number of aryl methyl sites for hydroxylation is 1. The molecule has 0 saturated heterocycles. The van der Waals surface area contributed by atoms with Crippen LogP contribution in [-0.2, 0) is 6.54 Å². The van der Waals surface area contributed by atoms with Crippen molar-refractivity contribution in [3.8, 4) is 0 Å². The summed E-state index contributed by atoms with van der Waals surface area (Å²) in [4.78, 5) is 0. The minimum absolute atomic E-state index is 0.216. The van der Waals surface area contributed by atoms with E-state index in [0.29, 0.717) is 18.3 Å². The van der Waals surface area contributed by atoms with Crippen LogP contribution in [0.1, 0.15) is 24.5 Å². The van der Waals surface area contributed by atoms with Gasteiger partial charge in [0.2, 0.25) is 0 Å². The van der Waals surface area contributed by atoms with E-state index < -0.39 is 0 Å². The van der Waals surface area contributed by atoms with Crippen molar-refractivity contribution in [1.82, 2.24) is 5.32 Å². The molecular formula is C13H18Cl2FN. The van der Waals surface area contributed by atoms with Crippen molar-refractivity contribution in [3.05, 3.63) is 35.1 Å². The van der Waals surface area contributed by atoms with Crippen molar-refractivity contribution in [2.24, 2.45) is 0 Å². The van der Waals surface area contributed by atoms with Crippen molar-refractivity contribution in [1.29, 1.82) is 0 Å². The van der Waals surface area contributed by atoms with Gasteiger partial charge in [-0.15, -0.1) is 23.2 Å². The predicted molar refractivity (Wildman–Crippen MR) is 72.4 cm³/mol. The summed E-state index contributed by atoms with van der Waals surface area (Å²) < 4.78 is 13.1. The molecule has 0 spiro atoms. The zero-order chi connectivity index (χ0) is 12.9. The van der Waals surface area contributed by atoms with Gasteiger partial charge in [-0.1, -0.05) is 13.0 Å². The molecule has 0 bridgehead atoms. The molecule has 1 rings (SSSR count). The summed E-state index contributed by atoms with van der Waals surface area (Å²) in [7, 11) is 0. The number of benzene rings is 1. The fraction of sp³-hybridized carbons (Fsp3) is 0.538. The van der Waals surface area contributed by atoms with Crippen LogP contribution in [0, 0.1) is 12.7 Å². The van der Waals surface area contributed by atoms with E-state index in [0.717, 1.165) is 17.5 Å². The number of alkyl halides is 2. The second kappa shape index (κ2) is 6.58. The lowest BCUT2D eigenvalue weighted by atomic mass is 10.00.